The lowest BCUT2D eigenvalue weighted by atomic mass is 10.2. The Balaban J connectivity index is 1.72. The summed E-state index contributed by atoms with van der Waals surface area (Å²) in [6.45, 7) is 2.12. The molecule has 0 amide bonds. The highest BCUT2D eigenvalue weighted by Crippen LogP contribution is 2.28. The zero-order valence-corrected chi connectivity index (χ0v) is 13.3. The quantitative estimate of drug-likeness (QED) is 0.776. The molecule has 20 heavy (non-hydrogen) atoms. The Morgan fingerprint density at radius 1 is 1.35 bits per heavy atom. The van der Waals surface area contributed by atoms with E-state index < -0.39 is 0 Å². The summed E-state index contributed by atoms with van der Waals surface area (Å²) in [6.07, 6.45) is 6.03. The standard InChI is InChI=1S/C14H13BrN4S/c1-9(6-11-8-16-4-5-17-11)18-14-19-12-7-10(15)2-3-13(12)20-14/h2-5,7-9H,6H2,1H3,(H,18,19). The van der Waals surface area contributed by atoms with Crippen LogP contribution in [0, 0.1) is 0 Å². The molecule has 102 valence electrons. The monoisotopic (exact) mass is 348 g/mol. The topological polar surface area (TPSA) is 50.7 Å². The van der Waals surface area contributed by atoms with Crippen molar-refractivity contribution in [1.82, 2.24) is 15.0 Å². The first-order valence-corrected chi connectivity index (χ1v) is 7.89. The third-order valence-electron chi connectivity index (χ3n) is 2.85. The second-order valence-electron chi connectivity index (χ2n) is 4.58. The van der Waals surface area contributed by atoms with E-state index in [9.17, 15) is 0 Å². The fourth-order valence-corrected chi connectivity index (χ4v) is 3.28. The zero-order valence-electron chi connectivity index (χ0n) is 10.9. The van der Waals surface area contributed by atoms with Gasteiger partial charge in [-0.3, -0.25) is 9.97 Å². The van der Waals surface area contributed by atoms with Gasteiger partial charge in [-0.2, -0.15) is 0 Å². The van der Waals surface area contributed by atoms with Crippen LogP contribution in [0.25, 0.3) is 10.2 Å². The van der Waals surface area contributed by atoms with E-state index in [2.05, 4.69) is 49.2 Å². The largest absolute Gasteiger partial charge is 0.359 e. The average molecular weight is 349 g/mol. The summed E-state index contributed by atoms with van der Waals surface area (Å²) >= 11 is 5.13. The minimum Gasteiger partial charge on any atom is -0.359 e. The molecule has 0 radical (unpaired) electrons. The number of hydrogen-bond acceptors (Lipinski definition) is 5. The predicted molar refractivity (Wildman–Crippen MR) is 86.1 cm³/mol. The van der Waals surface area contributed by atoms with Gasteiger partial charge in [0.1, 0.15) is 0 Å². The number of anilines is 1. The number of thiazole rings is 1. The highest BCUT2D eigenvalue weighted by molar-refractivity contribution is 9.10. The van der Waals surface area contributed by atoms with Crippen LogP contribution in [0.15, 0.2) is 41.3 Å². The molecule has 1 unspecified atom stereocenters. The molecule has 0 bridgehead atoms. The molecule has 3 aromatic rings. The summed E-state index contributed by atoms with van der Waals surface area (Å²) in [5.41, 5.74) is 2.00. The first-order valence-electron chi connectivity index (χ1n) is 6.28. The van der Waals surface area contributed by atoms with Crippen LogP contribution in [-0.2, 0) is 6.42 Å². The third kappa shape index (κ3) is 3.13. The molecule has 0 aliphatic heterocycles. The molecular formula is C14H13BrN4S. The average Bonchev–Trinajstić information content (AvgIpc) is 2.80. The van der Waals surface area contributed by atoms with Gasteiger partial charge in [0.25, 0.3) is 0 Å². The number of nitrogens with zero attached hydrogens (tertiary/aromatic N) is 3. The van der Waals surface area contributed by atoms with E-state index in [4.69, 9.17) is 0 Å². The molecule has 0 fully saturated rings. The Morgan fingerprint density at radius 3 is 3.05 bits per heavy atom. The molecule has 4 nitrogen and oxygen atoms in total. The van der Waals surface area contributed by atoms with Gasteiger partial charge in [0.2, 0.25) is 0 Å². The van der Waals surface area contributed by atoms with Crippen LogP contribution >= 0.6 is 27.3 Å². The van der Waals surface area contributed by atoms with Gasteiger partial charge in [0.15, 0.2) is 5.13 Å². The Labute approximate surface area is 129 Å². The minimum atomic E-state index is 0.260. The molecule has 1 aromatic carbocycles. The van der Waals surface area contributed by atoms with Crippen molar-refractivity contribution in [3.05, 3.63) is 47.0 Å². The van der Waals surface area contributed by atoms with E-state index >= 15 is 0 Å². The zero-order chi connectivity index (χ0) is 13.9. The Morgan fingerprint density at radius 2 is 2.25 bits per heavy atom. The van der Waals surface area contributed by atoms with E-state index in [1.54, 1.807) is 29.9 Å². The molecule has 2 aromatic heterocycles. The molecule has 3 rings (SSSR count). The summed E-state index contributed by atoms with van der Waals surface area (Å²) in [6, 6.07) is 6.41. The number of rotatable bonds is 4. The summed E-state index contributed by atoms with van der Waals surface area (Å²) in [5.74, 6) is 0. The SMILES string of the molecule is CC(Cc1cnccn1)Nc1nc2cc(Br)ccc2s1. The van der Waals surface area contributed by atoms with E-state index in [1.165, 1.54) is 4.70 Å². The van der Waals surface area contributed by atoms with E-state index in [0.29, 0.717) is 0 Å². The Kier molecular flexibility index (Phi) is 3.93. The van der Waals surface area contributed by atoms with E-state index in [-0.39, 0.29) is 6.04 Å². The van der Waals surface area contributed by atoms with Crippen molar-refractivity contribution in [2.45, 2.75) is 19.4 Å². The first-order chi connectivity index (χ1) is 9.70. The van der Waals surface area contributed by atoms with Crippen LogP contribution in [0.4, 0.5) is 5.13 Å². The fourth-order valence-electron chi connectivity index (χ4n) is 1.97. The van der Waals surface area contributed by atoms with Gasteiger partial charge >= 0.3 is 0 Å². The molecule has 0 saturated carbocycles. The van der Waals surface area contributed by atoms with Crippen LogP contribution in [0.5, 0.6) is 0 Å². The highest BCUT2D eigenvalue weighted by atomic mass is 79.9. The fraction of sp³-hybridized carbons (Fsp3) is 0.214. The van der Waals surface area contributed by atoms with Crippen molar-refractivity contribution >= 4 is 42.6 Å². The van der Waals surface area contributed by atoms with E-state index in [0.717, 1.165) is 27.2 Å². The lowest BCUT2D eigenvalue weighted by Gasteiger charge is -2.11. The highest BCUT2D eigenvalue weighted by Gasteiger charge is 2.09. The lowest BCUT2D eigenvalue weighted by Crippen LogP contribution is -2.18. The van der Waals surface area contributed by atoms with Crippen LogP contribution in [0.3, 0.4) is 0 Å². The van der Waals surface area contributed by atoms with E-state index in [1.807, 2.05) is 12.1 Å². The summed E-state index contributed by atoms with van der Waals surface area (Å²) in [5, 5.41) is 4.36. The van der Waals surface area contributed by atoms with Gasteiger partial charge in [-0.05, 0) is 25.1 Å². The molecule has 2 heterocycles. The van der Waals surface area contributed by atoms with Gasteiger partial charge in [-0.15, -0.1) is 0 Å². The van der Waals surface area contributed by atoms with Crippen LogP contribution in [-0.4, -0.2) is 21.0 Å². The minimum absolute atomic E-state index is 0.260. The van der Waals surface area contributed by atoms with Crippen molar-refractivity contribution in [3.8, 4) is 0 Å². The smallest absolute Gasteiger partial charge is 0.184 e. The number of nitrogens with one attached hydrogen (secondary N) is 1. The number of halogens is 1. The van der Waals surface area contributed by atoms with Crippen LogP contribution in [0.2, 0.25) is 0 Å². The normalized spacial score (nSPS) is 12.5. The number of hydrogen-bond donors (Lipinski definition) is 1. The molecule has 1 atom stereocenters. The molecule has 0 aliphatic rings. The van der Waals surface area contributed by atoms with Crippen LogP contribution in [0.1, 0.15) is 12.6 Å². The Bertz CT molecular complexity index is 714. The predicted octanol–water partition coefficient (Wildman–Crippen LogP) is 3.89. The number of fused-ring (bicyclic) bond motifs is 1. The van der Waals surface area contributed by atoms with Crippen molar-refractivity contribution in [3.63, 3.8) is 0 Å². The second-order valence-corrected chi connectivity index (χ2v) is 6.52. The van der Waals surface area contributed by atoms with Gasteiger partial charge in [0, 0.05) is 35.5 Å². The van der Waals surface area contributed by atoms with Gasteiger partial charge in [-0.1, -0.05) is 27.3 Å². The maximum atomic E-state index is 4.60. The van der Waals surface area contributed by atoms with Crippen LogP contribution < -0.4 is 5.32 Å². The molecule has 0 aliphatic carbocycles. The van der Waals surface area contributed by atoms with Crippen molar-refractivity contribution < 1.29 is 0 Å². The maximum Gasteiger partial charge on any atom is 0.184 e. The van der Waals surface area contributed by atoms with Crippen molar-refractivity contribution in [2.75, 3.05) is 5.32 Å². The van der Waals surface area contributed by atoms with Gasteiger partial charge in [-0.25, -0.2) is 4.98 Å². The summed E-state index contributed by atoms with van der Waals surface area (Å²) in [4.78, 5) is 13.0. The molecule has 0 spiro atoms. The van der Waals surface area contributed by atoms with Crippen molar-refractivity contribution in [2.24, 2.45) is 0 Å². The van der Waals surface area contributed by atoms with Gasteiger partial charge in [0.05, 0.1) is 15.9 Å². The summed E-state index contributed by atoms with van der Waals surface area (Å²) < 4.78 is 2.23. The Hall–Kier alpha value is -1.53. The second kappa shape index (κ2) is 5.85. The lowest BCUT2D eigenvalue weighted by molar-refractivity contribution is 0.764. The van der Waals surface area contributed by atoms with Crippen molar-refractivity contribution in [1.29, 1.82) is 0 Å². The third-order valence-corrected chi connectivity index (χ3v) is 4.31. The van der Waals surface area contributed by atoms with Gasteiger partial charge < -0.3 is 5.32 Å². The number of aromatic nitrogens is 3. The molecule has 6 heteroatoms. The number of benzene rings is 1. The molecule has 1 N–H and O–H groups in total. The molecular weight excluding hydrogens is 336 g/mol. The summed E-state index contributed by atoms with van der Waals surface area (Å²) in [7, 11) is 0. The maximum absolute atomic E-state index is 4.60. The first kappa shape index (κ1) is 13.5. The molecule has 0 saturated heterocycles.